The van der Waals surface area contributed by atoms with Gasteiger partial charge in [0.25, 0.3) is 0 Å². The molecule has 2 nitrogen and oxygen atoms in total. The fourth-order valence-electron chi connectivity index (χ4n) is 1.46. The standard InChI is InChI=1S/C9H10F2N2.ClH/c10-6-1-2-8(11)7(3-6)9(12)4-13-5-9;/h1-3,13H,4-5,12H2;1H. The summed E-state index contributed by atoms with van der Waals surface area (Å²) in [4.78, 5) is 0. The van der Waals surface area contributed by atoms with Gasteiger partial charge in [0, 0.05) is 18.7 Å². The van der Waals surface area contributed by atoms with Crippen LogP contribution in [-0.2, 0) is 5.54 Å². The Kier molecular flexibility index (Phi) is 3.09. The van der Waals surface area contributed by atoms with Crippen LogP contribution in [0.1, 0.15) is 5.56 Å². The van der Waals surface area contributed by atoms with E-state index < -0.39 is 17.2 Å². The minimum atomic E-state index is -0.730. The Morgan fingerprint density at radius 3 is 2.43 bits per heavy atom. The van der Waals surface area contributed by atoms with Crippen LogP contribution in [0.5, 0.6) is 0 Å². The molecule has 0 atom stereocenters. The first-order valence-electron chi connectivity index (χ1n) is 4.07. The minimum Gasteiger partial charge on any atom is -0.319 e. The normalized spacial score (nSPS) is 18.2. The van der Waals surface area contributed by atoms with Crippen LogP contribution in [-0.4, -0.2) is 13.1 Å². The Morgan fingerprint density at radius 2 is 1.93 bits per heavy atom. The Hall–Kier alpha value is -0.710. The zero-order chi connectivity index (χ0) is 9.47. The molecule has 0 aromatic heterocycles. The van der Waals surface area contributed by atoms with E-state index in [9.17, 15) is 8.78 Å². The van der Waals surface area contributed by atoms with Gasteiger partial charge in [0.2, 0.25) is 0 Å². The van der Waals surface area contributed by atoms with Crippen molar-refractivity contribution in [1.29, 1.82) is 0 Å². The maximum atomic E-state index is 13.2. The molecule has 0 saturated carbocycles. The van der Waals surface area contributed by atoms with E-state index >= 15 is 0 Å². The fourth-order valence-corrected chi connectivity index (χ4v) is 1.46. The van der Waals surface area contributed by atoms with Crippen molar-refractivity contribution < 1.29 is 8.78 Å². The van der Waals surface area contributed by atoms with Crippen LogP contribution in [0.15, 0.2) is 18.2 Å². The summed E-state index contributed by atoms with van der Waals surface area (Å²) in [7, 11) is 0. The van der Waals surface area contributed by atoms with E-state index in [-0.39, 0.29) is 18.0 Å². The molecule has 1 aromatic carbocycles. The van der Waals surface area contributed by atoms with Gasteiger partial charge >= 0.3 is 0 Å². The zero-order valence-electron chi connectivity index (χ0n) is 7.39. The number of nitrogens with one attached hydrogen (secondary N) is 1. The summed E-state index contributed by atoms with van der Waals surface area (Å²) in [5.74, 6) is -0.890. The lowest BCUT2D eigenvalue weighted by Crippen LogP contribution is -2.63. The summed E-state index contributed by atoms with van der Waals surface area (Å²) in [6, 6.07) is 3.36. The van der Waals surface area contributed by atoms with Crippen molar-refractivity contribution in [2.45, 2.75) is 5.54 Å². The van der Waals surface area contributed by atoms with Crippen molar-refractivity contribution in [1.82, 2.24) is 5.32 Å². The number of rotatable bonds is 1. The first kappa shape index (κ1) is 11.4. The second kappa shape index (κ2) is 3.81. The summed E-state index contributed by atoms with van der Waals surface area (Å²) < 4.78 is 26.0. The first-order chi connectivity index (χ1) is 6.12. The van der Waals surface area contributed by atoms with Crippen LogP contribution >= 0.6 is 12.4 Å². The molecule has 0 radical (unpaired) electrons. The quantitative estimate of drug-likeness (QED) is 0.745. The van der Waals surface area contributed by atoms with Crippen LogP contribution in [0.4, 0.5) is 8.78 Å². The van der Waals surface area contributed by atoms with Crippen molar-refractivity contribution in [3.8, 4) is 0 Å². The van der Waals surface area contributed by atoms with Gasteiger partial charge in [-0.3, -0.25) is 0 Å². The van der Waals surface area contributed by atoms with Gasteiger partial charge < -0.3 is 11.1 Å². The van der Waals surface area contributed by atoms with Crippen LogP contribution in [0.25, 0.3) is 0 Å². The van der Waals surface area contributed by atoms with E-state index in [1.165, 1.54) is 0 Å². The lowest BCUT2D eigenvalue weighted by atomic mass is 9.85. The van der Waals surface area contributed by atoms with E-state index in [4.69, 9.17) is 5.73 Å². The molecule has 78 valence electrons. The number of hydrogen-bond acceptors (Lipinski definition) is 2. The summed E-state index contributed by atoms with van der Waals surface area (Å²) in [6.07, 6.45) is 0. The van der Waals surface area contributed by atoms with Gasteiger partial charge in [-0.15, -0.1) is 12.4 Å². The van der Waals surface area contributed by atoms with E-state index in [1.807, 2.05) is 0 Å². The predicted octanol–water partition coefficient (Wildman–Crippen LogP) is 1.14. The molecular formula is C9H11ClF2N2. The highest BCUT2D eigenvalue weighted by molar-refractivity contribution is 5.85. The van der Waals surface area contributed by atoms with Crippen molar-refractivity contribution in [2.75, 3.05) is 13.1 Å². The predicted molar refractivity (Wildman–Crippen MR) is 52.3 cm³/mol. The molecule has 14 heavy (non-hydrogen) atoms. The number of halogens is 3. The number of nitrogens with two attached hydrogens (primary N) is 1. The third-order valence-electron chi connectivity index (χ3n) is 2.35. The van der Waals surface area contributed by atoms with Gasteiger partial charge in [-0.05, 0) is 18.2 Å². The van der Waals surface area contributed by atoms with Crippen molar-refractivity contribution >= 4 is 12.4 Å². The third-order valence-corrected chi connectivity index (χ3v) is 2.35. The second-order valence-electron chi connectivity index (χ2n) is 3.38. The fraction of sp³-hybridized carbons (Fsp3) is 0.333. The molecule has 3 N–H and O–H groups in total. The molecule has 0 aliphatic carbocycles. The molecule has 0 spiro atoms. The van der Waals surface area contributed by atoms with Crippen molar-refractivity contribution in [2.24, 2.45) is 5.73 Å². The molecule has 2 rings (SSSR count). The van der Waals surface area contributed by atoms with Gasteiger partial charge in [-0.2, -0.15) is 0 Å². The van der Waals surface area contributed by atoms with E-state index in [1.54, 1.807) is 0 Å². The second-order valence-corrected chi connectivity index (χ2v) is 3.38. The molecule has 1 saturated heterocycles. The van der Waals surface area contributed by atoms with Gasteiger partial charge in [0.1, 0.15) is 11.6 Å². The smallest absolute Gasteiger partial charge is 0.128 e. The topological polar surface area (TPSA) is 38.0 Å². The molecule has 0 bridgehead atoms. The van der Waals surface area contributed by atoms with Crippen molar-refractivity contribution in [3.05, 3.63) is 35.4 Å². The molecule has 1 heterocycles. The highest BCUT2D eigenvalue weighted by Gasteiger charge is 2.36. The van der Waals surface area contributed by atoms with Crippen LogP contribution in [0.3, 0.4) is 0 Å². The molecule has 0 unspecified atom stereocenters. The Bertz CT molecular complexity index is 340. The summed E-state index contributed by atoms with van der Waals surface area (Å²) >= 11 is 0. The Morgan fingerprint density at radius 1 is 1.29 bits per heavy atom. The minimum absolute atomic E-state index is 0. The summed E-state index contributed by atoms with van der Waals surface area (Å²) in [6.45, 7) is 0.987. The molecule has 5 heteroatoms. The van der Waals surface area contributed by atoms with Gasteiger partial charge in [-0.1, -0.05) is 0 Å². The Balaban J connectivity index is 0.000000980. The molecule has 1 aliphatic heterocycles. The van der Waals surface area contributed by atoms with E-state index in [0.29, 0.717) is 13.1 Å². The van der Waals surface area contributed by atoms with E-state index in [0.717, 1.165) is 18.2 Å². The van der Waals surface area contributed by atoms with Gasteiger partial charge in [-0.25, -0.2) is 8.78 Å². The number of benzene rings is 1. The lowest BCUT2D eigenvalue weighted by molar-refractivity contribution is 0.276. The summed E-state index contributed by atoms with van der Waals surface area (Å²) in [5.41, 5.74) is 5.35. The first-order valence-corrected chi connectivity index (χ1v) is 4.07. The average molecular weight is 221 g/mol. The van der Waals surface area contributed by atoms with E-state index in [2.05, 4.69) is 5.32 Å². The highest BCUT2D eigenvalue weighted by atomic mass is 35.5. The maximum absolute atomic E-state index is 13.2. The van der Waals surface area contributed by atoms with Crippen LogP contribution in [0.2, 0.25) is 0 Å². The molecular weight excluding hydrogens is 210 g/mol. The number of hydrogen-bond donors (Lipinski definition) is 2. The summed E-state index contributed by atoms with van der Waals surface area (Å²) in [5, 5.41) is 2.93. The third kappa shape index (κ3) is 1.73. The molecule has 0 amide bonds. The molecule has 1 fully saturated rings. The van der Waals surface area contributed by atoms with Crippen molar-refractivity contribution in [3.63, 3.8) is 0 Å². The maximum Gasteiger partial charge on any atom is 0.128 e. The monoisotopic (exact) mass is 220 g/mol. The highest BCUT2D eigenvalue weighted by Crippen LogP contribution is 2.25. The lowest BCUT2D eigenvalue weighted by Gasteiger charge is -2.39. The molecule has 1 aromatic rings. The largest absolute Gasteiger partial charge is 0.319 e. The SMILES string of the molecule is Cl.NC1(c2cc(F)ccc2F)CNC1. The van der Waals surface area contributed by atoms with Gasteiger partial charge in [0.15, 0.2) is 0 Å². The van der Waals surface area contributed by atoms with Crippen LogP contribution < -0.4 is 11.1 Å². The zero-order valence-corrected chi connectivity index (χ0v) is 8.20. The van der Waals surface area contributed by atoms with Gasteiger partial charge in [0.05, 0.1) is 5.54 Å². The average Bonchev–Trinajstić information content (AvgIpc) is 2.05. The molecule has 1 aliphatic rings. The van der Waals surface area contributed by atoms with Crippen LogP contribution in [0, 0.1) is 11.6 Å². The Labute approximate surface area is 86.9 Å².